The highest BCUT2D eigenvalue weighted by Crippen LogP contribution is 2.30. The van der Waals surface area contributed by atoms with E-state index in [1.54, 1.807) is 24.3 Å². The maximum absolute atomic E-state index is 9.36. The summed E-state index contributed by atoms with van der Waals surface area (Å²) < 4.78 is 5.58. The number of aromatic hydroxyl groups is 1. The molecule has 0 fully saturated rings. The first-order valence-electron chi connectivity index (χ1n) is 5.08. The molecule has 0 amide bonds. The molecule has 0 aliphatic rings. The molecule has 17 heavy (non-hydrogen) atoms. The molecule has 84 valence electrons. The molecule has 0 saturated heterocycles. The van der Waals surface area contributed by atoms with Crippen molar-refractivity contribution in [2.24, 2.45) is 0 Å². The molecule has 1 heterocycles. The van der Waals surface area contributed by atoms with Gasteiger partial charge in [-0.3, -0.25) is 0 Å². The topological polar surface area (TPSA) is 46.3 Å². The zero-order valence-electron chi connectivity index (χ0n) is 8.72. The Balaban J connectivity index is 2.22. The zero-order chi connectivity index (χ0) is 11.8. The van der Waals surface area contributed by atoms with Crippen molar-refractivity contribution < 1.29 is 9.52 Å². The summed E-state index contributed by atoms with van der Waals surface area (Å²) >= 11 is 6.07. The Morgan fingerprint density at radius 2 is 1.94 bits per heavy atom. The third kappa shape index (κ3) is 1.74. The second-order valence-electron chi connectivity index (χ2n) is 3.65. The van der Waals surface area contributed by atoms with Crippen LogP contribution >= 0.6 is 11.6 Å². The van der Waals surface area contributed by atoms with Crippen molar-refractivity contribution in [2.45, 2.75) is 0 Å². The van der Waals surface area contributed by atoms with Crippen LogP contribution in [0.1, 0.15) is 0 Å². The number of fused-ring (bicyclic) bond motifs is 1. The van der Waals surface area contributed by atoms with E-state index in [2.05, 4.69) is 4.98 Å². The Hall–Kier alpha value is -2.00. The lowest BCUT2D eigenvalue weighted by molar-refractivity contribution is 0.476. The van der Waals surface area contributed by atoms with Crippen LogP contribution in [0.25, 0.3) is 22.6 Å². The third-order valence-electron chi connectivity index (χ3n) is 2.48. The first-order chi connectivity index (χ1) is 8.24. The van der Waals surface area contributed by atoms with Crippen LogP contribution in [-0.4, -0.2) is 10.1 Å². The number of nitrogens with zero attached hydrogens (tertiary/aromatic N) is 1. The van der Waals surface area contributed by atoms with Gasteiger partial charge in [0.25, 0.3) is 0 Å². The van der Waals surface area contributed by atoms with Crippen molar-refractivity contribution in [1.29, 1.82) is 0 Å². The van der Waals surface area contributed by atoms with E-state index >= 15 is 0 Å². The van der Waals surface area contributed by atoms with Crippen LogP contribution in [-0.2, 0) is 0 Å². The minimum absolute atomic E-state index is 0.163. The molecule has 0 aliphatic carbocycles. The van der Waals surface area contributed by atoms with Gasteiger partial charge < -0.3 is 9.52 Å². The highest BCUT2D eigenvalue weighted by molar-refractivity contribution is 6.33. The lowest BCUT2D eigenvalue weighted by Gasteiger charge is -1.96. The van der Waals surface area contributed by atoms with E-state index in [4.69, 9.17) is 16.0 Å². The van der Waals surface area contributed by atoms with E-state index in [1.807, 2.05) is 18.2 Å². The molecule has 3 aromatic rings. The molecular weight excluding hydrogens is 238 g/mol. The van der Waals surface area contributed by atoms with Gasteiger partial charge in [-0.25, -0.2) is 4.98 Å². The molecule has 2 aromatic carbocycles. The predicted octanol–water partition coefficient (Wildman–Crippen LogP) is 3.85. The summed E-state index contributed by atoms with van der Waals surface area (Å²) in [6.45, 7) is 0. The van der Waals surface area contributed by atoms with Crippen LogP contribution in [0, 0.1) is 0 Å². The smallest absolute Gasteiger partial charge is 0.228 e. The van der Waals surface area contributed by atoms with Gasteiger partial charge in [0, 0.05) is 6.07 Å². The molecule has 3 rings (SSSR count). The number of hydrogen-bond donors (Lipinski definition) is 1. The van der Waals surface area contributed by atoms with Gasteiger partial charge in [0.05, 0.1) is 10.6 Å². The van der Waals surface area contributed by atoms with Gasteiger partial charge >= 0.3 is 0 Å². The van der Waals surface area contributed by atoms with Crippen LogP contribution in [0.4, 0.5) is 0 Å². The Morgan fingerprint density at radius 1 is 1.12 bits per heavy atom. The lowest BCUT2D eigenvalue weighted by Crippen LogP contribution is -1.77. The third-order valence-corrected chi connectivity index (χ3v) is 2.81. The second-order valence-corrected chi connectivity index (χ2v) is 4.06. The van der Waals surface area contributed by atoms with Crippen molar-refractivity contribution in [3.63, 3.8) is 0 Å². The van der Waals surface area contributed by atoms with E-state index < -0.39 is 0 Å². The molecule has 3 nitrogen and oxygen atoms in total. The number of phenols is 1. The number of benzene rings is 2. The summed E-state index contributed by atoms with van der Waals surface area (Å²) in [7, 11) is 0. The monoisotopic (exact) mass is 245 g/mol. The normalized spacial score (nSPS) is 10.9. The average molecular weight is 246 g/mol. The van der Waals surface area contributed by atoms with Gasteiger partial charge in [0.15, 0.2) is 5.58 Å². The van der Waals surface area contributed by atoms with E-state index in [0.717, 1.165) is 5.56 Å². The summed E-state index contributed by atoms with van der Waals surface area (Å²) in [5, 5.41) is 9.94. The summed E-state index contributed by atoms with van der Waals surface area (Å²) in [5.74, 6) is 0.618. The molecule has 4 heteroatoms. The summed E-state index contributed by atoms with van der Waals surface area (Å²) in [5.41, 5.74) is 1.97. The highest BCUT2D eigenvalue weighted by Gasteiger charge is 2.11. The van der Waals surface area contributed by atoms with Gasteiger partial charge in [0.2, 0.25) is 5.89 Å². The van der Waals surface area contributed by atoms with Crippen molar-refractivity contribution in [2.75, 3.05) is 0 Å². The standard InChI is InChI=1S/C13H8ClNO2/c14-10-4-2-1-3-9(10)13-15-11-7-8(16)5-6-12(11)17-13/h1-7,16H. The Bertz CT molecular complexity index is 691. The van der Waals surface area contributed by atoms with Crippen molar-refractivity contribution in [1.82, 2.24) is 4.98 Å². The van der Waals surface area contributed by atoms with Gasteiger partial charge in [-0.15, -0.1) is 0 Å². The number of aromatic nitrogens is 1. The van der Waals surface area contributed by atoms with Gasteiger partial charge in [0.1, 0.15) is 11.3 Å². The van der Waals surface area contributed by atoms with E-state index in [-0.39, 0.29) is 5.75 Å². The molecule has 0 unspecified atom stereocenters. The Kier molecular flexibility index (Phi) is 2.27. The van der Waals surface area contributed by atoms with Crippen LogP contribution < -0.4 is 0 Å². The van der Waals surface area contributed by atoms with Crippen LogP contribution in [0.15, 0.2) is 46.9 Å². The molecule has 0 aliphatic heterocycles. The molecule has 0 spiro atoms. The first-order valence-corrected chi connectivity index (χ1v) is 5.46. The van der Waals surface area contributed by atoms with E-state index in [1.165, 1.54) is 0 Å². The fourth-order valence-corrected chi connectivity index (χ4v) is 1.88. The quantitative estimate of drug-likeness (QED) is 0.708. The highest BCUT2D eigenvalue weighted by atomic mass is 35.5. The number of halogens is 1. The maximum atomic E-state index is 9.36. The average Bonchev–Trinajstić information content (AvgIpc) is 2.72. The molecule has 0 atom stereocenters. The van der Waals surface area contributed by atoms with Gasteiger partial charge in [-0.1, -0.05) is 23.7 Å². The molecule has 1 N–H and O–H groups in total. The fourth-order valence-electron chi connectivity index (χ4n) is 1.67. The van der Waals surface area contributed by atoms with Gasteiger partial charge in [-0.2, -0.15) is 0 Å². The zero-order valence-corrected chi connectivity index (χ0v) is 9.48. The van der Waals surface area contributed by atoms with Gasteiger partial charge in [-0.05, 0) is 24.3 Å². The summed E-state index contributed by atoms with van der Waals surface area (Å²) in [4.78, 5) is 4.29. The number of oxazole rings is 1. The van der Waals surface area contributed by atoms with E-state index in [0.29, 0.717) is 22.0 Å². The predicted molar refractivity (Wildman–Crippen MR) is 66.1 cm³/mol. The Morgan fingerprint density at radius 3 is 2.76 bits per heavy atom. The molecule has 0 bridgehead atoms. The van der Waals surface area contributed by atoms with Crippen LogP contribution in [0.3, 0.4) is 0 Å². The minimum Gasteiger partial charge on any atom is -0.508 e. The molecule has 0 radical (unpaired) electrons. The van der Waals surface area contributed by atoms with Crippen molar-refractivity contribution in [3.8, 4) is 17.2 Å². The summed E-state index contributed by atoms with van der Waals surface area (Å²) in [6, 6.07) is 12.1. The van der Waals surface area contributed by atoms with Crippen molar-refractivity contribution >= 4 is 22.7 Å². The maximum Gasteiger partial charge on any atom is 0.228 e. The molecular formula is C13H8ClNO2. The van der Waals surface area contributed by atoms with Crippen molar-refractivity contribution in [3.05, 3.63) is 47.5 Å². The van der Waals surface area contributed by atoms with E-state index in [9.17, 15) is 5.11 Å². The Labute approximate surface area is 102 Å². The molecule has 1 aromatic heterocycles. The fraction of sp³-hybridized carbons (Fsp3) is 0. The summed E-state index contributed by atoms with van der Waals surface area (Å²) in [6.07, 6.45) is 0. The number of rotatable bonds is 1. The van der Waals surface area contributed by atoms with Crippen LogP contribution in [0.2, 0.25) is 5.02 Å². The SMILES string of the molecule is Oc1ccc2oc(-c3ccccc3Cl)nc2c1. The lowest BCUT2D eigenvalue weighted by atomic mass is 10.2. The van der Waals surface area contributed by atoms with Crippen LogP contribution in [0.5, 0.6) is 5.75 Å². The number of phenolic OH excluding ortho intramolecular Hbond substituents is 1. The first kappa shape index (κ1) is 10.2. The largest absolute Gasteiger partial charge is 0.508 e. The minimum atomic E-state index is 0.163. The number of hydrogen-bond acceptors (Lipinski definition) is 3. The second kappa shape index (κ2) is 3.79. The molecule has 0 saturated carbocycles.